The number of nitrogens with zero attached hydrogens (tertiary/aromatic N) is 1. The molecule has 0 aliphatic carbocycles. The van der Waals surface area contributed by atoms with Gasteiger partial charge in [-0.05, 0) is 24.3 Å². The third kappa shape index (κ3) is 3.95. The highest BCUT2D eigenvalue weighted by molar-refractivity contribution is 5.97. The van der Waals surface area contributed by atoms with E-state index in [-0.39, 0.29) is 11.3 Å². The van der Waals surface area contributed by atoms with Gasteiger partial charge in [0.1, 0.15) is 5.54 Å². The molecule has 22 heavy (non-hydrogen) atoms. The maximum atomic E-state index is 12.4. The molecule has 1 unspecified atom stereocenters. The molecule has 0 radical (unpaired) electrons. The Bertz CT molecular complexity index is 638. The molecule has 2 aromatic rings. The number of rotatable bonds is 4. The van der Waals surface area contributed by atoms with Crippen molar-refractivity contribution in [3.05, 3.63) is 47.7 Å². The van der Waals surface area contributed by atoms with Crippen LogP contribution in [0.1, 0.15) is 39.0 Å². The normalized spacial score (nSPS) is 14.4. The van der Waals surface area contributed by atoms with Crippen molar-refractivity contribution in [2.45, 2.75) is 39.7 Å². The summed E-state index contributed by atoms with van der Waals surface area (Å²) in [7, 11) is 0. The van der Waals surface area contributed by atoms with Gasteiger partial charge in [-0.2, -0.15) is 5.10 Å². The fraction of sp³-hybridized carbons (Fsp3) is 0.412. The van der Waals surface area contributed by atoms with E-state index in [0.29, 0.717) is 5.82 Å². The van der Waals surface area contributed by atoms with Crippen molar-refractivity contribution in [2.24, 2.45) is 11.1 Å². The van der Waals surface area contributed by atoms with Gasteiger partial charge in [0.05, 0.1) is 0 Å². The molecule has 1 amide bonds. The topological polar surface area (TPSA) is 83.8 Å². The number of anilines is 1. The van der Waals surface area contributed by atoms with Gasteiger partial charge >= 0.3 is 0 Å². The monoisotopic (exact) mass is 300 g/mol. The number of H-pyrrole nitrogens is 1. The summed E-state index contributed by atoms with van der Waals surface area (Å²) < 4.78 is 0. The SMILES string of the molecule is CC(C)(C)Cc1cc(NC(=O)C(C)(N)c2ccccc2)n[nH]1. The Balaban J connectivity index is 2.09. The lowest BCUT2D eigenvalue weighted by Crippen LogP contribution is -2.45. The van der Waals surface area contributed by atoms with E-state index >= 15 is 0 Å². The van der Waals surface area contributed by atoms with Crippen LogP contribution in [0.5, 0.6) is 0 Å². The van der Waals surface area contributed by atoms with Crippen LogP contribution in [0.2, 0.25) is 0 Å². The molecule has 1 atom stereocenters. The summed E-state index contributed by atoms with van der Waals surface area (Å²) in [5.41, 5.74) is 6.98. The van der Waals surface area contributed by atoms with E-state index in [1.165, 1.54) is 0 Å². The lowest BCUT2D eigenvalue weighted by atomic mass is 9.90. The molecule has 1 heterocycles. The lowest BCUT2D eigenvalue weighted by Gasteiger charge is -2.23. The van der Waals surface area contributed by atoms with E-state index < -0.39 is 5.54 Å². The van der Waals surface area contributed by atoms with Crippen LogP contribution in [0.4, 0.5) is 5.82 Å². The van der Waals surface area contributed by atoms with Crippen LogP contribution in [0.3, 0.4) is 0 Å². The summed E-state index contributed by atoms with van der Waals surface area (Å²) in [6.45, 7) is 8.15. The van der Waals surface area contributed by atoms with Gasteiger partial charge in [0, 0.05) is 11.8 Å². The fourth-order valence-corrected chi connectivity index (χ4v) is 2.25. The van der Waals surface area contributed by atoms with Crippen LogP contribution in [0.15, 0.2) is 36.4 Å². The standard InChI is InChI=1S/C17H24N4O/c1-16(2,3)11-13-10-14(21-20-13)19-15(22)17(4,18)12-8-6-5-7-9-12/h5-10H,11,18H2,1-4H3,(H2,19,20,21,22). The second-order valence-corrected chi connectivity index (χ2v) is 7.04. The van der Waals surface area contributed by atoms with Crippen LogP contribution in [0, 0.1) is 5.41 Å². The van der Waals surface area contributed by atoms with E-state index in [9.17, 15) is 4.79 Å². The molecule has 1 aromatic carbocycles. The molecule has 2 rings (SSSR count). The smallest absolute Gasteiger partial charge is 0.249 e. The number of benzene rings is 1. The summed E-state index contributed by atoms with van der Waals surface area (Å²) >= 11 is 0. The van der Waals surface area contributed by atoms with E-state index in [4.69, 9.17) is 5.73 Å². The first-order valence-electron chi connectivity index (χ1n) is 7.39. The minimum absolute atomic E-state index is 0.153. The molecule has 0 bridgehead atoms. The highest BCUT2D eigenvalue weighted by Crippen LogP contribution is 2.22. The first-order valence-corrected chi connectivity index (χ1v) is 7.39. The fourth-order valence-electron chi connectivity index (χ4n) is 2.25. The van der Waals surface area contributed by atoms with Crippen molar-refractivity contribution >= 4 is 11.7 Å². The highest BCUT2D eigenvalue weighted by Gasteiger charge is 2.30. The van der Waals surface area contributed by atoms with Crippen molar-refractivity contribution in [3.63, 3.8) is 0 Å². The number of amides is 1. The Kier molecular flexibility index (Phi) is 4.37. The van der Waals surface area contributed by atoms with E-state index in [1.807, 2.05) is 36.4 Å². The summed E-state index contributed by atoms with van der Waals surface area (Å²) in [5, 5.41) is 9.87. The molecule has 0 saturated carbocycles. The summed E-state index contributed by atoms with van der Waals surface area (Å²) in [6, 6.07) is 11.2. The van der Waals surface area contributed by atoms with Gasteiger partial charge in [0.15, 0.2) is 5.82 Å². The van der Waals surface area contributed by atoms with E-state index in [1.54, 1.807) is 6.92 Å². The zero-order valence-corrected chi connectivity index (χ0v) is 13.6. The van der Waals surface area contributed by atoms with Crippen LogP contribution in [0.25, 0.3) is 0 Å². The number of nitrogens with two attached hydrogens (primary N) is 1. The minimum atomic E-state index is -1.11. The molecular weight excluding hydrogens is 276 g/mol. The zero-order chi connectivity index (χ0) is 16.4. The van der Waals surface area contributed by atoms with Crippen molar-refractivity contribution in [3.8, 4) is 0 Å². The average molecular weight is 300 g/mol. The highest BCUT2D eigenvalue weighted by atomic mass is 16.2. The molecular formula is C17H24N4O. The molecule has 0 aliphatic rings. The molecule has 5 nitrogen and oxygen atoms in total. The van der Waals surface area contributed by atoms with Crippen LogP contribution in [-0.4, -0.2) is 16.1 Å². The number of hydrogen-bond donors (Lipinski definition) is 3. The molecule has 0 aliphatic heterocycles. The first-order chi connectivity index (χ1) is 10.2. The van der Waals surface area contributed by atoms with Gasteiger partial charge in [-0.3, -0.25) is 9.89 Å². The van der Waals surface area contributed by atoms with E-state index in [2.05, 4.69) is 36.3 Å². The Morgan fingerprint density at radius 3 is 2.45 bits per heavy atom. The Morgan fingerprint density at radius 2 is 1.86 bits per heavy atom. The van der Waals surface area contributed by atoms with Gasteiger partial charge in [-0.15, -0.1) is 0 Å². The molecule has 0 spiro atoms. The number of carbonyl (C=O) groups excluding carboxylic acids is 1. The second-order valence-electron chi connectivity index (χ2n) is 7.04. The van der Waals surface area contributed by atoms with Gasteiger partial charge in [0.25, 0.3) is 0 Å². The largest absolute Gasteiger partial charge is 0.314 e. The summed E-state index contributed by atoms with van der Waals surface area (Å²) in [6.07, 6.45) is 0.856. The molecule has 0 fully saturated rings. The Morgan fingerprint density at radius 1 is 1.23 bits per heavy atom. The van der Waals surface area contributed by atoms with Crippen LogP contribution in [-0.2, 0) is 16.8 Å². The van der Waals surface area contributed by atoms with E-state index in [0.717, 1.165) is 17.7 Å². The molecule has 118 valence electrons. The second kappa shape index (κ2) is 5.93. The number of hydrogen-bond acceptors (Lipinski definition) is 3. The number of carbonyl (C=O) groups is 1. The van der Waals surface area contributed by atoms with Crippen LogP contribution < -0.4 is 11.1 Å². The maximum Gasteiger partial charge on any atom is 0.249 e. The summed E-state index contributed by atoms with van der Waals surface area (Å²) in [5.74, 6) is 0.212. The zero-order valence-electron chi connectivity index (χ0n) is 13.6. The van der Waals surface area contributed by atoms with Crippen molar-refractivity contribution in [1.82, 2.24) is 10.2 Å². The molecule has 5 heteroatoms. The predicted molar refractivity (Wildman–Crippen MR) is 88.4 cm³/mol. The van der Waals surface area contributed by atoms with Crippen molar-refractivity contribution in [2.75, 3.05) is 5.32 Å². The van der Waals surface area contributed by atoms with Crippen molar-refractivity contribution in [1.29, 1.82) is 0 Å². The minimum Gasteiger partial charge on any atom is -0.314 e. The van der Waals surface area contributed by atoms with Gasteiger partial charge in [-0.25, -0.2) is 0 Å². The number of aromatic amines is 1. The van der Waals surface area contributed by atoms with Gasteiger partial charge in [0.2, 0.25) is 5.91 Å². The lowest BCUT2D eigenvalue weighted by molar-refractivity contribution is -0.120. The predicted octanol–water partition coefficient (Wildman–Crippen LogP) is 2.81. The van der Waals surface area contributed by atoms with Gasteiger partial charge < -0.3 is 11.1 Å². The van der Waals surface area contributed by atoms with Gasteiger partial charge in [-0.1, -0.05) is 51.1 Å². The number of aromatic nitrogens is 2. The number of nitrogens with one attached hydrogen (secondary N) is 2. The molecule has 0 saturated heterocycles. The maximum absolute atomic E-state index is 12.4. The Labute approximate surface area is 131 Å². The first kappa shape index (κ1) is 16.2. The van der Waals surface area contributed by atoms with Crippen molar-refractivity contribution < 1.29 is 4.79 Å². The Hall–Kier alpha value is -2.14. The average Bonchev–Trinajstić information content (AvgIpc) is 2.84. The molecule has 4 N–H and O–H groups in total. The summed E-state index contributed by atoms with van der Waals surface area (Å²) in [4.78, 5) is 12.4. The quantitative estimate of drug-likeness (QED) is 0.812. The molecule has 1 aromatic heterocycles. The third-order valence-corrected chi connectivity index (χ3v) is 3.44. The third-order valence-electron chi connectivity index (χ3n) is 3.44. The van der Waals surface area contributed by atoms with Crippen LogP contribution >= 0.6 is 0 Å².